The third-order valence-electron chi connectivity index (χ3n) is 1.65. The van der Waals surface area contributed by atoms with Crippen LogP contribution >= 0.6 is 0 Å². The fourth-order valence-corrected chi connectivity index (χ4v) is 1.06. The molecule has 66 valence electrons. The second-order valence-corrected chi connectivity index (χ2v) is 2.41. The Morgan fingerprint density at radius 2 is 2.38 bits per heavy atom. The van der Waals surface area contributed by atoms with Crippen molar-refractivity contribution in [1.29, 1.82) is 0 Å². The molecule has 0 aliphatic heterocycles. The van der Waals surface area contributed by atoms with Gasteiger partial charge in [-0.3, -0.25) is 10.1 Å². The molecule has 0 aliphatic carbocycles. The Bertz CT molecular complexity index is 385. The van der Waals surface area contributed by atoms with Gasteiger partial charge >= 0.3 is 0 Å². The number of nitrogens with zero attached hydrogens (tertiary/aromatic N) is 3. The van der Waals surface area contributed by atoms with Crippen LogP contribution in [0.25, 0.3) is 11.4 Å². The van der Waals surface area contributed by atoms with Crippen LogP contribution in [-0.4, -0.2) is 27.5 Å². The van der Waals surface area contributed by atoms with Crippen molar-refractivity contribution in [1.82, 2.24) is 20.4 Å². The van der Waals surface area contributed by atoms with Gasteiger partial charge in [-0.1, -0.05) is 5.21 Å². The van der Waals surface area contributed by atoms with Gasteiger partial charge in [0.25, 0.3) is 0 Å². The number of nitrogens with one attached hydrogen (secondary N) is 1. The molecule has 0 aliphatic rings. The number of H-pyrrole nitrogens is 1. The van der Waals surface area contributed by atoms with Crippen molar-refractivity contribution in [3.05, 3.63) is 24.5 Å². The van der Waals surface area contributed by atoms with E-state index in [9.17, 15) is 0 Å². The lowest BCUT2D eigenvalue weighted by Crippen LogP contribution is -1.90. The molecule has 13 heavy (non-hydrogen) atoms. The maximum absolute atomic E-state index is 5.12. The van der Waals surface area contributed by atoms with Crippen LogP contribution in [0.15, 0.2) is 24.5 Å². The maximum atomic E-state index is 5.12. The number of hydrogen-bond donors (Lipinski definition) is 1. The monoisotopic (exact) mass is 176 g/mol. The van der Waals surface area contributed by atoms with Gasteiger partial charge in [0.2, 0.25) is 0 Å². The number of pyridine rings is 1. The third kappa shape index (κ3) is 1.35. The van der Waals surface area contributed by atoms with Crippen LogP contribution < -0.4 is 4.74 Å². The zero-order chi connectivity index (χ0) is 9.10. The first-order valence-electron chi connectivity index (χ1n) is 3.77. The van der Waals surface area contributed by atoms with Crippen LogP contribution in [0.5, 0.6) is 5.75 Å². The lowest BCUT2D eigenvalue weighted by Gasteiger charge is -2.02. The van der Waals surface area contributed by atoms with E-state index in [-0.39, 0.29) is 0 Å². The highest BCUT2D eigenvalue weighted by molar-refractivity contribution is 5.60. The van der Waals surface area contributed by atoms with Crippen molar-refractivity contribution in [2.75, 3.05) is 7.11 Å². The van der Waals surface area contributed by atoms with Gasteiger partial charge in [-0.2, -0.15) is 0 Å². The van der Waals surface area contributed by atoms with E-state index in [0.29, 0.717) is 17.1 Å². The zero-order valence-corrected chi connectivity index (χ0v) is 7.06. The molecule has 0 saturated carbocycles. The lowest BCUT2D eigenvalue weighted by molar-refractivity contribution is 0.414. The van der Waals surface area contributed by atoms with E-state index in [2.05, 4.69) is 20.4 Å². The van der Waals surface area contributed by atoms with Crippen molar-refractivity contribution >= 4 is 0 Å². The molecule has 2 rings (SSSR count). The number of ether oxygens (including phenoxy) is 1. The summed E-state index contributed by atoms with van der Waals surface area (Å²) in [5.41, 5.74) is 1.37. The van der Waals surface area contributed by atoms with E-state index in [1.165, 1.54) is 0 Å². The Morgan fingerprint density at radius 1 is 1.46 bits per heavy atom. The van der Waals surface area contributed by atoms with Gasteiger partial charge in [-0.15, -0.1) is 5.10 Å². The molecule has 0 saturated heterocycles. The summed E-state index contributed by atoms with van der Waals surface area (Å²) in [4.78, 5) is 4.14. The minimum atomic E-state index is 0.678. The average Bonchev–Trinajstić information content (AvgIpc) is 2.70. The van der Waals surface area contributed by atoms with Gasteiger partial charge < -0.3 is 4.74 Å². The Hall–Kier alpha value is -1.91. The fourth-order valence-electron chi connectivity index (χ4n) is 1.06. The van der Waals surface area contributed by atoms with Crippen LogP contribution in [0.4, 0.5) is 0 Å². The van der Waals surface area contributed by atoms with E-state index < -0.39 is 0 Å². The maximum Gasteiger partial charge on any atom is 0.146 e. The molecule has 0 fully saturated rings. The number of aromatic amines is 1. The summed E-state index contributed by atoms with van der Waals surface area (Å²) in [5, 5.41) is 10.1. The highest BCUT2D eigenvalue weighted by atomic mass is 16.5. The summed E-state index contributed by atoms with van der Waals surface area (Å²) in [7, 11) is 1.60. The first-order valence-corrected chi connectivity index (χ1v) is 3.77. The first-order chi connectivity index (χ1) is 6.42. The van der Waals surface area contributed by atoms with Crippen molar-refractivity contribution < 1.29 is 4.74 Å². The highest BCUT2D eigenvalue weighted by Crippen LogP contribution is 2.23. The summed E-state index contributed by atoms with van der Waals surface area (Å²) in [6.07, 6.45) is 3.36. The number of hydrogen-bond acceptors (Lipinski definition) is 4. The van der Waals surface area contributed by atoms with Gasteiger partial charge in [0.1, 0.15) is 17.1 Å². The van der Waals surface area contributed by atoms with Crippen LogP contribution in [0.2, 0.25) is 0 Å². The standard InChI is InChI=1S/C8H8N4O/c1-13-7-3-2-4-9-8(7)6-5-10-12-11-6/h2-5H,1H3,(H,10,11,12). The summed E-state index contributed by atoms with van der Waals surface area (Å²) in [6, 6.07) is 3.64. The van der Waals surface area contributed by atoms with E-state index >= 15 is 0 Å². The van der Waals surface area contributed by atoms with E-state index in [1.807, 2.05) is 12.1 Å². The van der Waals surface area contributed by atoms with Crippen LogP contribution in [-0.2, 0) is 0 Å². The van der Waals surface area contributed by atoms with Crippen LogP contribution in [0.1, 0.15) is 0 Å². The van der Waals surface area contributed by atoms with Gasteiger partial charge in [0, 0.05) is 6.20 Å². The molecule has 0 bridgehead atoms. The van der Waals surface area contributed by atoms with Crippen molar-refractivity contribution in [2.24, 2.45) is 0 Å². The molecule has 0 spiro atoms. The molecule has 2 heterocycles. The molecule has 5 nitrogen and oxygen atoms in total. The number of methoxy groups -OCH3 is 1. The lowest BCUT2D eigenvalue weighted by atomic mass is 10.2. The molecule has 5 heteroatoms. The molecule has 0 amide bonds. The number of aromatic nitrogens is 4. The molecular formula is C8H8N4O. The smallest absolute Gasteiger partial charge is 0.146 e. The van der Waals surface area contributed by atoms with E-state index in [4.69, 9.17) is 4.74 Å². The molecule has 2 aromatic heterocycles. The second kappa shape index (κ2) is 3.22. The largest absolute Gasteiger partial charge is 0.494 e. The molecular weight excluding hydrogens is 168 g/mol. The van der Waals surface area contributed by atoms with E-state index in [0.717, 1.165) is 0 Å². The van der Waals surface area contributed by atoms with Crippen molar-refractivity contribution in [3.63, 3.8) is 0 Å². The predicted octanol–water partition coefficient (Wildman–Crippen LogP) is 0.875. The van der Waals surface area contributed by atoms with Gasteiger partial charge in [0.15, 0.2) is 0 Å². The van der Waals surface area contributed by atoms with Gasteiger partial charge in [0.05, 0.1) is 13.3 Å². The molecule has 0 radical (unpaired) electrons. The SMILES string of the molecule is COc1cccnc1-c1c[nH]nn1. The fraction of sp³-hybridized carbons (Fsp3) is 0.125. The van der Waals surface area contributed by atoms with Gasteiger partial charge in [-0.05, 0) is 12.1 Å². The topological polar surface area (TPSA) is 63.7 Å². The summed E-state index contributed by atoms with van der Waals surface area (Å²) < 4.78 is 5.12. The normalized spacial score (nSPS) is 9.92. The molecule has 0 unspecified atom stereocenters. The number of rotatable bonds is 2. The molecule has 2 aromatic rings. The van der Waals surface area contributed by atoms with Gasteiger partial charge in [-0.25, -0.2) is 0 Å². The Labute approximate surface area is 74.8 Å². The van der Waals surface area contributed by atoms with Crippen LogP contribution in [0.3, 0.4) is 0 Å². The molecule has 0 atom stereocenters. The van der Waals surface area contributed by atoms with Crippen LogP contribution in [0, 0.1) is 0 Å². The third-order valence-corrected chi connectivity index (χ3v) is 1.65. The summed E-state index contributed by atoms with van der Waals surface area (Å²) in [6.45, 7) is 0. The Balaban J connectivity index is 2.51. The minimum absolute atomic E-state index is 0.678. The zero-order valence-electron chi connectivity index (χ0n) is 7.06. The Kier molecular flexibility index (Phi) is 1.91. The van der Waals surface area contributed by atoms with Crippen molar-refractivity contribution in [3.8, 4) is 17.1 Å². The highest BCUT2D eigenvalue weighted by Gasteiger charge is 2.07. The summed E-state index contributed by atoms with van der Waals surface area (Å²) >= 11 is 0. The molecule has 0 aromatic carbocycles. The average molecular weight is 176 g/mol. The first kappa shape index (κ1) is 7.72. The molecule has 1 N–H and O–H groups in total. The Morgan fingerprint density at radius 3 is 3.08 bits per heavy atom. The predicted molar refractivity (Wildman–Crippen MR) is 46.2 cm³/mol. The summed E-state index contributed by atoms with van der Waals surface area (Å²) in [5.74, 6) is 0.691. The minimum Gasteiger partial charge on any atom is -0.494 e. The van der Waals surface area contributed by atoms with E-state index in [1.54, 1.807) is 19.5 Å². The van der Waals surface area contributed by atoms with Crippen molar-refractivity contribution in [2.45, 2.75) is 0 Å². The quantitative estimate of drug-likeness (QED) is 0.737. The second-order valence-electron chi connectivity index (χ2n) is 2.41.